The minimum atomic E-state index is -3.72. The molecule has 1 aromatic heterocycles. The highest BCUT2D eigenvalue weighted by molar-refractivity contribution is 7.92. The molecule has 1 amide bonds. The van der Waals surface area contributed by atoms with Gasteiger partial charge in [0.2, 0.25) is 15.9 Å². The molecule has 3 aromatic rings. The van der Waals surface area contributed by atoms with Crippen molar-refractivity contribution in [3.63, 3.8) is 0 Å². The Morgan fingerprint density at radius 2 is 1.64 bits per heavy atom. The van der Waals surface area contributed by atoms with E-state index >= 15 is 0 Å². The standard InChI is InChI=1S/C26H28N2O3S2/c1-21-12-15-25(32-21)19-27(18-23-10-6-3-7-11-23)26(29)20-28(24-13-14-24)33(30,31)17-16-22-8-4-2-5-9-22/h2-12,15-17,24H,13-14,18-20H2,1H3/b17-16+. The van der Waals surface area contributed by atoms with Crippen molar-refractivity contribution in [2.75, 3.05) is 6.54 Å². The van der Waals surface area contributed by atoms with Crippen LogP contribution in [0.2, 0.25) is 0 Å². The molecule has 0 N–H and O–H groups in total. The maximum absolute atomic E-state index is 13.4. The van der Waals surface area contributed by atoms with Crippen LogP contribution in [0.5, 0.6) is 0 Å². The van der Waals surface area contributed by atoms with Crippen LogP contribution in [0.4, 0.5) is 0 Å². The Balaban J connectivity index is 1.53. The second kappa shape index (κ2) is 10.5. The topological polar surface area (TPSA) is 57.7 Å². The Hall–Kier alpha value is -2.74. The normalized spacial score (nSPS) is 14.1. The average molecular weight is 481 g/mol. The Labute approximate surface area is 200 Å². The molecule has 1 saturated carbocycles. The second-order valence-electron chi connectivity index (χ2n) is 8.28. The van der Waals surface area contributed by atoms with Gasteiger partial charge in [0.1, 0.15) is 0 Å². The van der Waals surface area contributed by atoms with E-state index in [0.717, 1.165) is 28.8 Å². The monoisotopic (exact) mass is 480 g/mol. The molecule has 0 atom stereocenters. The highest BCUT2D eigenvalue weighted by Gasteiger charge is 2.38. The van der Waals surface area contributed by atoms with E-state index in [1.807, 2.05) is 79.7 Å². The van der Waals surface area contributed by atoms with Gasteiger partial charge in [0, 0.05) is 27.7 Å². The van der Waals surface area contributed by atoms with E-state index in [1.165, 1.54) is 14.6 Å². The average Bonchev–Trinajstić information content (AvgIpc) is 3.57. The lowest BCUT2D eigenvalue weighted by molar-refractivity contribution is -0.132. The van der Waals surface area contributed by atoms with Crippen LogP contribution in [0.3, 0.4) is 0 Å². The lowest BCUT2D eigenvalue weighted by Gasteiger charge is -2.26. The van der Waals surface area contributed by atoms with Crippen LogP contribution in [-0.2, 0) is 27.9 Å². The minimum absolute atomic E-state index is 0.109. The fraction of sp³-hybridized carbons (Fsp3) is 0.269. The fourth-order valence-corrected chi connectivity index (χ4v) is 5.93. The molecule has 0 unspecified atom stereocenters. The third kappa shape index (κ3) is 6.63. The molecule has 33 heavy (non-hydrogen) atoms. The summed E-state index contributed by atoms with van der Waals surface area (Å²) in [5.74, 6) is -0.187. The maximum Gasteiger partial charge on any atom is 0.238 e. The zero-order valence-corrected chi connectivity index (χ0v) is 20.3. The molecule has 0 saturated heterocycles. The summed E-state index contributed by atoms with van der Waals surface area (Å²) in [5, 5.41) is 1.22. The number of rotatable bonds is 10. The van der Waals surface area contributed by atoms with E-state index in [2.05, 4.69) is 0 Å². The van der Waals surface area contributed by atoms with Gasteiger partial charge in [0.15, 0.2) is 0 Å². The Kier molecular flexibility index (Phi) is 7.42. The first-order valence-corrected chi connectivity index (χ1v) is 13.3. The molecule has 0 radical (unpaired) electrons. The van der Waals surface area contributed by atoms with Crippen LogP contribution in [0.1, 0.15) is 33.7 Å². The summed E-state index contributed by atoms with van der Waals surface area (Å²) < 4.78 is 27.6. The predicted octanol–water partition coefficient (Wildman–Crippen LogP) is 5.05. The van der Waals surface area contributed by atoms with E-state index in [9.17, 15) is 13.2 Å². The van der Waals surface area contributed by atoms with Gasteiger partial charge in [-0.2, -0.15) is 4.31 Å². The van der Waals surface area contributed by atoms with Crippen LogP contribution >= 0.6 is 11.3 Å². The second-order valence-corrected chi connectivity index (χ2v) is 11.4. The molecule has 7 heteroatoms. The summed E-state index contributed by atoms with van der Waals surface area (Å²) in [6.07, 6.45) is 3.16. The van der Waals surface area contributed by atoms with Crippen molar-refractivity contribution in [1.82, 2.24) is 9.21 Å². The SMILES string of the molecule is Cc1ccc(CN(Cc2ccccc2)C(=O)CN(C2CC2)S(=O)(=O)/C=C/c2ccccc2)s1. The summed E-state index contributed by atoms with van der Waals surface area (Å²) in [6, 6.07) is 23.1. The van der Waals surface area contributed by atoms with Crippen molar-refractivity contribution in [3.8, 4) is 0 Å². The third-order valence-electron chi connectivity index (χ3n) is 5.52. The van der Waals surface area contributed by atoms with E-state index in [4.69, 9.17) is 0 Å². The minimum Gasteiger partial charge on any atom is -0.332 e. The number of amides is 1. The van der Waals surface area contributed by atoms with Crippen molar-refractivity contribution >= 4 is 33.3 Å². The van der Waals surface area contributed by atoms with Gasteiger partial charge >= 0.3 is 0 Å². The van der Waals surface area contributed by atoms with Gasteiger partial charge in [-0.25, -0.2) is 8.42 Å². The van der Waals surface area contributed by atoms with Gasteiger partial charge in [0.05, 0.1) is 13.1 Å². The first-order chi connectivity index (χ1) is 15.9. The zero-order chi connectivity index (χ0) is 23.3. The first kappa shape index (κ1) is 23.4. The molecule has 1 aliphatic carbocycles. The number of hydrogen-bond acceptors (Lipinski definition) is 4. The third-order valence-corrected chi connectivity index (χ3v) is 8.06. The molecule has 0 bridgehead atoms. The van der Waals surface area contributed by atoms with Crippen molar-refractivity contribution in [3.05, 3.63) is 99.1 Å². The summed E-state index contributed by atoms with van der Waals surface area (Å²) >= 11 is 1.66. The molecule has 1 heterocycles. The number of hydrogen-bond donors (Lipinski definition) is 0. The Bertz CT molecular complexity index is 1200. The summed E-state index contributed by atoms with van der Waals surface area (Å²) in [5.41, 5.74) is 1.82. The van der Waals surface area contributed by atoms with Gasteiger partial charge < -0.3 is 4.90 Å². The van der Waals surface area contributed by atoms with Crippen LogP contribution in [0, 0.1) is 6.92 Å². The number of thiophene rings is 1. The molecule has 0 aliphatic heterocycles. The smallest absolute Gasteiger partial charge is 0.238 e. The number of carbonyl (C=O) groups excluding carboxylic acids is 1. The van der Waals surface area contributed by atoms with Crippen molar-refractivity contribution in [1.29, 1.82) is 0 Å². The largest absolute Gasteiger partial charge is 0.332 e. The van der Waals surface area contributed by atoms with Gasteiger partial charge in [-0.1, -0.05) is 60.7 Å². The highest BCUT2D eigenvalue weighted by atomic mass is 32.2. The first-order valence-electron chi connectivity index (χ1n) is 11.0. The Morgan fingerprint density at radius 1 is 0.970 bits per heavy atom. The summed E-state index contributed by atoms with van der Waals surface area (Å²) in [6.45, 7) is 2.79. The molecular weight excluding hydrogens is 452 g/mol. The quantitative estimate of drug-likeness (QED) is 0.408. The maximum atomic E-state index is 13.4. The molecule has 2 aromatic carbocycles. The molecule has 172 valence electrons. The van der Waals surface area contributed by atoms with Crippen LogP contribution < -0.4 is 0 Å². The van der Waals surface area contributed by atoms with Crippen LogP contribution in [-0.4, -0.2) is 36.1 Å². The lowest BCUT2D eigenvalue weighted by Crippen LogP contribution is -2.42. The van der Waals surface area contributed by atoms with Crippen molar-refractivity contribution < 1.29 is 13.2 Å². The van der Waals surface area contributed by atoms with Crippen molar-refractivity contribution in [2.45, 2.75) is 38.9 Å². The number of benzene rings is 2. The lowest BCUT2D eigenvalue weighted by atomic mass is 10.2. The van der Waals surface area contributed by atoms with Gasteiger partial charge in [0.25, 0.3) is 0 Å². The number of carbonyl (C=O) groups is 1. The number of nitrogens with zero attached hydrogens (tertiary/aromatic N) is 2. The molecule has 0 spiro atoms. The predicted molar refractivity (Wildman–Crippen MR) is 134 cm³/mol. The number of sulfonamides is 1. The van der Waals surface area contributed by atoms with Crippen molar-refractivity contribution in [2.24, 2.45) is 0 Å². The molecule has 1 fully saturated rings. The number of aryl methyl sites for hydroxylation is 1. The van der Waals surface area contributed by atoms with E-state index < -0.39 is 10.0 Å². The van der Waals surface area contributed by atoms with Gasteiger partial charge in [-0.15, -0.1) is 11.3 Å². The summed E-state index contributed by atoms with van der Waals surface area (Å²) in [7, 11) is -3.72. The fourth-order valence-electron chi connectivity index (χ4n) is 3.62. The van der Waals surface area contributed by atoms with Crippen LogP contribution in [0.15, 0.2) is 78.2 Å². The zero-order valence-electron chi connectivity index (χ0n) is 18.6. The van der Waals surface area contributed by atoms with E-state index in [1.54, 1.807) is 22.3 Å². The van der Waals surface area contributed by atoms with Crippen LogP contribution in [0.25, 0.3) is 6.08 Å². The summed E-state index contributed by atoms with van der Waals surface area (Å²) in [4.78, 5) is 17.4. The van der Waals surface area contributed by atoms with Gasteiger partial charge in [-0.05, 0) is 49.1 Å². The Morgan fingerprint density at radius 3 is 2.24 bits per heavy atom. The molecular formula is C26H28N2O3S2. The van der Waals surface area contributed by atoms with Gasteiger partial charge in [-0.3, -0.25) is 4.79 Å². The van der Waals surface area contributed by atoms with E-state index in [0.29, 0.717) is 13.1 Å². The highest BCUT2D eigenvalue weighted by Crippen LogP contribution is 2.30. The molecule has 4 rings (SSSR count). The van der Waals surface area contributed by atoms with E-state index in [-0.39, 0.29) is 18.5 Å². The molecule has 1 aliphatic rings. The molecule has 5 nitrogen and oxygen atoms in total.